The Morgan fingerprint density at radius 3 is 2.73 bits per heavy atom. The maximum absolute atomic E-state index is 12.9. The van der Waals surface area contributed by atoms with E-state index in [0.29, 0.717) is 29.6 Å². The van der Waals surface area contributed by atoms with Crippen LogP contribution in [0.15, 0.2) is 36.7 Å². The first-order chi connectivity index (χ1) is 12.7. The number of nitrogens with zero attached hydrogens (tertiary/aromatic N) is 2. The molecule has 26 heavy (non-hydrogen) atoms. The lowest BCUT2D eigenvalue weighted by Crippen LogP contribution is -2.26. The normalized spacial score (nSPS) is 19.7. The third kappa shape index (κ3) is 2.91. The minimum Gasteiger partial charge on any atom is -0.493 e. The largest absolute Gasteiger partial charge is 0.493 e. The van der Waals surface area contributed by atoms with Crippen molar-refractivity contribution >= 4 is 11.6 Å². The fourth-order valence-corrected chi connectivity index (χ4v) is 4.05. The van der Waals surface area contributed by atoms with Gasteiger partial charge >= 0.3 is 0 Å². The monoisotopic (exact) mass is 352 g/mol. The fourth-order valence-electron chi connectivity index (χ4n) is 4.05. The minimum absolute atomic E-state index is 0.0208. The summed E-state index contributed by atoms with van der Waals surface area (Å²) in [6.07, 6.45) is 8.41. The standard InChI is InChI=1S/C21H24N2O3/c1-14-17-9-10-22-12-18(17)21(24)23(14)16-7-8-19(25-2)20(11-16)26-13-15-5-3-4-6-15/h7-12,14-15H,3-6,13H2,1-2H3. The van der Waals surface area contributed by atoms with Gasteiger partial charge in [0.15, 0.2) is 11.5 Å². The van der Waals surface area contributed by atoms with Gasteiger partial charge in [-0.2, -0.15) is 0 Å². The van der Waals surface area contributed by atoms with Crippen molar-refractivity contribution in [3.05, 3.63) is 47.8 Å². The molecule has 1 aromatic carbocycles. The highest BCUT2D eigenvalue weighted by Crippen LogP contribution is 2.40. The molecule has 1 atom stereocenters. The second-order valence-corrected chi connectivity index (χ2v) is 7.11. The van der Waals surface area contributed by atoms with Crippen molar-refractivity contribution in [1.82, 2.24) is 4.98 Å². The number of carbonyl (C=O) groups excluding carboxylic acids is 1. The smallest absolute Gasteiger partial charge is 0.260 e. The first-order valence-electron chi connectivity index (χ1n) is 9.27. The molecule has 0 radical (unpaired) electrons. The van der Waals surface area contributed by atoms with Crippen LogP contribution in [0.3, 0.4) is 0 Å². The molecule has 0 bridgehead atoms. The van der Waals surface area contributed by atoms with Gasteiger partial charge < -0.3 is 14.4 Å². The Hall–Kier alpha value is -2.56. The summed E-state index contributed by atoms with van der Waals surface area (Å²) in [7, 11) is 1.64. The van der Waals surface area contributed by atoms with Crippen LogP contribution in [0.1, 0.15) is 54.6 Å². The molecule has 1 amide bonds. The zero-order valence-electron chi connectivity index (χ0n) is 15.3. The Kier molecular flexibility index (Phi) is 4.53. The number of hydrogen-bond acceptors (Lipinski definition) is 4. The Labute approximate surface area is 153 Å². The minimum atomic E-state index is -0.0309. The average molecular weight is 352 g/mol. The molecule has 1 aliphatic heterocycles. The molecule has 136 valence electrons. The van der Waals surface area contributed by atoms with E-state index in [9.17, 15) is 4.79 Å². The lowest BCUT2D eigenvalue weighted by molar-refractivity contribution is 0.0992. The van der Waals surface area contributed by atoms with Crippen LogP contribution in [0.25, 0.3) is 0 Å². The summed E-state index contributed by atoms with van der Waals surface area (Å²) < 4.78 is 11.5. The summed E-state index contributed by atoms with van der Waals surface area (Å²) in [6, 6.07) is 7.59. The van der Waals surface area contributed by atoms with E-state index in [1.807, 2.05) is 31.2 Å². The molecule has 1 aromatic heterocycles. The number of amides is 1. The van der Waals surface area contributed by atoms with Gasteiger partial charge in [0.2, 0.25) is 0 Å². The molecule has 2 aromatic rings. The van der Waals surface area contributed by atoms with Gasteiger partial charge in [0.05, 0.1) is 25.3 Å². The number of anilines is 1. The van der Waals surface area contributed by atoms with Crippen LogP contribution >= 0.6 is 0 Å². The van der Waals surface area contributed by atoms with Crippen molar-refractivity contribution in [3.63, 3.8) is 0 Å². The third-order valence-electron chi connectivity index (χ3n) is 5.52. The summed E-state index contributed by atoms with van der Waals surface area (Å²) in [5.74, 6) is 2.00. The van der Waals surface area contributed by atoms with Crippen LogP contribution in [0.2, 0.25) is 0 Å². The van der Waals surface area contributed by atoms with E-state index in [-0.39, 0.29) is 11.9 Å². The predicted molar refractivity (Wildman–Crippen MR) is 99.9 cm³/mol. The summed E-state index contributed by atoms with van der Waals surface area (Å²) in [5, 5.41) is 0. The van der Waals surface area contributed by atoms with Gasteiger partial charge in [-0.05, 0) is 49.4 Å². The molecule has 1 fully saturated rings. The van der Waals surface area contributed by atoms with Crippen LogP contribution < -0.4 is 14.4 Å². The molecule has 1 unspecified atom stereocenters. The van der Waals surface area contributed by atoms with Gasteiger partial charge in [-0.15, -0.1) is 0 Å². The molecule has 2 heterocycles. The summed E-state index contributed by atoms with van der Waals surface area (Å²) in [6.45, 7) is 2.74. The van der Waals surface area contributed by atoms with Gasteiger partial charge in [0, 0.05) is 24.1 Å². The van der Waals surface area contributed by atoms with Crippen LogP contribution in [0, 0.1) is 5.92 Å². The van der Waals surface area contributed by atoms with Crippen molar-refractivity contribution in [2.75, 3.05) is 18.6 Å². The van der Waals surface area contributed by atoms with Crippen LogP contribution in [0.4, 0.5) is 5.69 Å². The van der Waals surface area contributed by atoms with Crippen LogP contribution in [-0.2, 0) is 0 Å². The summed E-state index contributed by atoms with van der Waals surface area (Å²) in [4.78, 5) is 18.7. The molecule has 4 rings (SSSR count). The zero-order chi connectivity index (χ0) is 18.1. The maximum Gasteiger partial charge on any atom is 0.260 e. The number of carbonyl (C=O) groups is 1. The quantitative estimate of drug-likeness (QED) is 0.801. The van der Waals surface area contributed by atoms with Crippen molar-refractivity contribution < 1.29 is 14.3 Å². The maximum atomic E-state index is 12.9. The number of benzene rings is 1. The first-order valence-corrected chi connectivity index (χ1v) is 9.27. The number of fused-ring (bicyclic) bond motifs is 1. The summed E-state index contributed by atoms with van der Waals surface area (Å²) in [5.41, 5.74) is 2.50. The van der Waals surface area contributed by atoms with E-state index in [2.05, 4.69) is 4.98 Å². The van der Waals surface area contributed by atoms with Crippen molar-refractivity contribution in [2.45, 2.75) is 38.6 Å². The second kappa shape index (κ2) is 6.98. The van der Waals surface area contributed by atoms with E-state index in [0.717, 1.165) is 11.3 Å². The van der Waals surface area contributed by atoms with Crippen LogP contribution in [0.5, 0.6) is 11.5 Å². The van der Waals surface area contributed by atoms with Crippen LogP contribution in [-0.4, -0.2) is 24.6 Å². The molecule has 1 saturated carbocycles. The molecule has 0 saturated heterocycles. The average Bonchev–Trinajstić information content (AvgIpc) is 3.27. The second-order valence-electron chi connectivity index (χ2n) is 7.11. The SMILES string of the molecule is COc1ccc(N2C(=O)c3cnccc3C2C)cc1OCC1CCCC1. The predicted octanol–water partition coefficient (Wildman–Crippen LogP) is 4.38. The Balaban J connectivity index is 1.61. The number of rotatable bonds is 5. The highest BCUT2D eigenvalue weighted by molar-refractivity contribution is 6.10. The number of methoxy groups -OCH3 is 1. The Morgan fingerprint density at radius 1 is 1.19 bits per heavy atom. The first kappa shape index (κ1) is 16.9. The summed E-state index contributed by atoms with van der Waals surface area (Å²) >= 11 is 0. The van der Waals surface area contributed by atoms with Gasteiger partial charge in [-0.1, -0.05) is 12.8 Å². The molecule has 5 heteroatoms. The molecule has 0 N–H and O–H groups in total. The molecular formula is C21H24N2O3. The van der Waals surface area contributed by atoms with Crippen molar-refractivity contribution in [3.8, 4) is 11.5 Å². The molecule has 2 aliphatic rings. The number of hydrogen-bond donors (Lipinski definition) is 0. The van der Waals surface area contributed by atoms with E-state index in [1.54, 1.807) is 24.4 Å². The number of aromatic nitrogens is 1. The molecule has 1 aliphatic carbocycles. The lowest BCUT2D eigenvalue weighted by atomic mass is 10.1. The van der Waals surface area contributed by atoms with Gasteiger partial charge in [0.1, 0.15) is 0 Å². The Bertz CT molecular complexity index is 815. The van der Waals surface area contributed by atoms with Gasteiger partial charge in [-0.25, -0.2) is 0 Å². The van der Waals surface area contributed by atoms with E-state index in [1.165, 1.54) is 25.7 Å². The zero-order valence-corrected chi connectivity index (χ0v) is 15.3. The van der Waals surface area contributed by atoms with Gasteiger partial charge in [0.25, 0.3) is 5.91 Å². The lowest BCUT2D eigenvalue weighted by Gasteiger charge is -2.24. The third-order valence-corrected chi connectivity index (χ3v) is 5.52. The van der Waals surface area contributed by atoms with Crippen molar-refractivity contribution in [2.24, 2.45) is 5.92 Å². The van der Waals surface area contributed by atoms with E-state index >= 15 is 0 Å². The molecule has 5 nitrogen and oxygen atoms in total. The molecule has 0 spiro atoms. The number of ether oxygens (including phenoxy) is 2. The highest BCUT2D eigenvalue weighted by Gasteiger charge is 2.35. The van der Waals surface area contributed by atoms with Gasteiger partial charge in [-0.3, -0.25) is 9.78 Å². The number of pyridine rings is 1. The highest BCUT2D eigenvalue weighted by atomic mass is 16.5. The molecular weight excluding hydrogens is 328 g/mol. The van der Waals surface area contributed by atoms with E-state index < -0.39 is 0 Å². The topological polar surface area (TPSA) is 51.7 Å². The fraction of sp³-hybridized carbons (Fsp3) is 0.429. The Morgan fingerprint density at radius 2 is 2.00 bits per heavy atom. The van der Waals surface area contributed by atoms with Crippen molar-refractivity contribution in [1.29, 1.82) is 0 Å². The van der Waals surface area contributed by atoms with E-state index in [4.69, 9.17) is 9.47 Å².